The first-order chi connectivity index (χ1) is 10.5. The number of likely N-dealkylation sites (N-methyl/N-ethyl adjacent to an activating group) is 1. The van der Waals surface area contributed by atoms with E-state index in [0.29, 0.717) is 17.5 Å². The Balaban J connectivity index is 1.94. The number of halogens is 1. The molecule has 0 aliphatic carbocycles. The van der Waals surface area contributed by atoms with Crippen molar-refractivity contribution in [2.24, 2.45) is 0 Å². The average Bonchev–Trinajstić information content (AvgIpc) is 2.71. The van der Waals surface area contributed by atoms with Crippen molar-refractivity contribution < 1.29 is 19.5 Å². The van der Waals surface area contributed by atoms with Gasteiger partial charge in [-0.3, -0.25) is 19.3 Å². The van der Waals surface area contributed by atoms with Crippen LogP contribution in [0.3, 0.4) is 0 Å². The van der Waals surface area contributed by atoms with Crippen LogP contribution < -0.4 is 0 Å². The largest absolute Gasteiger partial charge is 0.395 e. The first-order valence-electron chi connectivity index (χ1n) is 6.96. The van der Waals surface area contributed by atoms with Crippen LogP contribution in [-0.2, 0) is 4.79 Å². The monoisotopic (exact) mass is 368 g/mol. The number of hydrogen-bond donors (Lipinski definition) is 1. The van der Waals surface area contributed by atoms with Gasteiger partial charge < -0.3 is 10.0 Å². The number of imide groups is 1. The van der Waals surface area contributed by atoms with Gasteiger partial charge in [0, 0.05) is 31.0 Å². The first-order valence-corrected chi connectivity index (χ1v) is 7.75. The molecule has 2 rings (SSSR count). The Morgan fingerprint density at radius 1 is 1.27 bits per heavy atom. The standard InChI is InChI=1S/C15H17BrN2O4/c1-17(7-8-19)13(20)3-2-6-18-14(21)11-5-4-10(16)9-12(11)15(18)22/h4-5,9,19H,2-3,6-8H2,1H3. The number of hydrogen-bond acceptors (Lipinski definition) is 4. The number of carbonyl (C=O) groups excluding carboxylic acids is 3. The lowest BCUT2D eigenvalue weighted by molar-refractivity contribution is -0.130. The number of aliphatic hydroxyl groups is 1. The minimum atomic E-state index is -0.322. The van der Waals surface area contributed by atoms with E-state index in [1.807, 2.05) is 0 Å². The molecular formula is C15H17BrN2O4. The number of aliphatic hydroxyl groups excluding tert-OH is 1. The molecule has 1 aliphatic heterocycles. The molecule has 1 N–H and O–H groups in total. The van der Waals surface area contributed by atoms with Gasteiger partial charge in [-0.25, -0.2) is 0 Å². The van der Waals surface area contributed by atoms with E-state index in [2.05, 4.69) is 15.9 Å². The maximum atomic E-state index is 12.2. The molecule has 1 aromatic carbocycles. The molecule has 0 bridgehead atoms. The second kappa shape index (κ2) is 7.02. The molecule has 0 saturated carbocycles. The van der Waals surface area contributed by atoms with Gasteiger partial charge in [0.1, 0.15) is 0 Å². The van der Waals surface area contributed by atoms with Crippen molar-refractivity contribution in [1.82, 2.24) is 9.80 Å². The highest BCUT2D eigenvalue weighted by Gasteiger charge is 2.35. The summed E-state index contributed by atoms with van der Waals surface area (Å²) in [7, 11) is 1.61. The molecule has 0 atom stereocenters. The van der Waals surface area contributed by atoms with E-state index >= 15 is 0 Å². The van der Waals surface area contributed by atoms with Gasteiger partial charge in [-0.2, -0.15) is 0 Å². The lowest BCUT2D eigenvalue weighted by Gasteiger charge is -2.17. The summed E-state index contributed by atoms with van der Waals surface area (Å²) in [6, 6.07) is 4.98. The highest BCUT2D eigenvalue weighted by atomic mass is 79.9. The number of fused-ring (bicyclic) bond motifs is 1. The minimum absolute atomic E-state index is 0.0878. The van der Waals surface area contributed by atoms with Crippen LogP contribution in [0.5, 0.6) is 0 Å². The van der Waals surface area contributed by atoms with Gasteiger partial charge in [0.2, 0.25) is 5.91 Å². The highest BCUT2D eigenvalue weighted by molar-refractivity contribution is 9.10. The molecule has 1 aromatic rings. The van der Waals surface area contributed by atoms with Gasteiger partial charge in [-0.05, 0) is 24.6 Å². The summed E-state index contributed by atoms with van der Waals surface area (Å²) in [4.78, 5) is 38.8. The zero-order valence-electron chi connectivity index (χ0n) is 12.2. The van der Waals surface area contributed by atoms with E-state index < -0.39 is 0 Å². The molecule has 0 radical (unpaired) electrons. The summed E-state index contributed by atoms with van der Waals surface area (Å²) in [6.07, 6.45) is 0.634. The quantitative estimate of drug-likeness (QED) is 0.767. The Morgan fingerprint density at radius 2 is 1.95 bits per heavy atom. The van der Waals surface area contributed by atoms with Gasteiger partial charge in [-0.15, -0.1) is 0 Å². The maximum absolute atomic E-state index is 12.2. The molecule has 0 unspecified atom stereocenters. The normalized spacial score (nSPS) is 13.5. The third kappa shape index (κ3) is 3.36. The van der Waals surface area contributed by atoms with Crippen LogP contribution in [0.25, 0.3) is 0 Å². The van der Waals surface area contributed by atoms with Crippen molar-refractivity contribution in [2.75, 3.05) is 26.7 Å². The van der Waals surface area contributed by atoms with Crippen LogP contribution in [0.1, 0.15) is 33.6 Å². The predicted molar refractivity (Wildman–Crippen MR) is 83.5 cm³/mol. The topological polar surface area (TPSA) is 77.9 Å². The number of nitrogens with zero attached hydrogens (tertiary/aromatic N) is 2. The number of amides is 3. The first kappa shape index (κ1) is 16.6. The summed E-state index contributed by atoms with van der Waals surface area (Å²) in [5.41, 5.74) is 0.792. The Bertz CT molecular complexity index is 618. The lowest BCUT2D eigenvalue weighted by atomic mass is 10.1. The fourth-order valence-electron chi connectivity index (χ4n) is 2.32. The number of carbonyl (C=O) groups is 3. The van der Waals surface area contributed by atoms with Crippen molar-refractivity contribution >= 4 is 33.7 Å². The molecule has 7 heteroatoms. The second-order valence-corrected chi connectivity index (χ2v) is 6.01. The van der Waals surface area contributed by atoms with Gasteiger partial charge >= 0.3 is 0 Å². The summed E-state index contributed by atoms with van der Waals surface area (Å²) in [5, 5.41) is 8.78. The van der Waals surface area contributed by atoms with Crippen molar-refractivity contribution in [2.45, 2.75) is 12.8 Å². The van der Waals surface area contributed by atoms with Crippen LogP contribution in [-0.4, -0.2) is 59.4 Å². The van der Waals surface area contributed by atoms with Crippen molar-refractivity contribution in [1.29, 1.82) is 0 Å². The molecule has 1 aliphatic rings. The Morgan fingerprint density at radius 3 is 2.64 bits per heavy atom. The van der Waals surface area contributed by atoms with E-state index in [4.69, 9.17) is 5.11 Å². The summed E-state index contributed by atoms with van der Waals surface area (Å²) in [5.74, 6) is -0.755. The van der Waals surface area contributed by atoms with Crippen LogP contribution in [0, 0.1) is 0 Å². The molecule has 0 spiro atoms. The van der Waals surface area contributed by atoms with Crippen molar-refractivity contribution in [3.8, 4) is 0 Å². The molecule has 0 fully saturated rings. The Kier molecular flexibility index (Phi) is 5.31. The molecule has 0 saturated heterocycles. The van der Waals surface area contributed by atoms with Crippen molar-refractivity contribution in [3.63, 3.8) is 0 Å². The number of benzene rings is 1. The third-order valence-corrected chi connectivity index (χ3v) is 4.06. The van der Waals surface area contributed by atoms with Crippen LogP contribution in [0.4, 0.5) is 0 Å². The van der Waals surface area contributed by atoms with E-state index in [0.717, 1.165) is 4.47 Å². The molecule has 22 heavy (non-hydrogen) atoms. The molecule has 0 aromatic heterocycles. The third-order valence-electron chi connectivity index (χ3n) is 3.57. The summed E-state index contributed by atoms with van der Waals surface area (Å²) < 4.78 is 0.745. The molecule has 3 amide bonds. The maximum Gasteiger partial charge on any atom is 0.261 e. The van der Waals surface area contributed by atoms with Crippen LogP contribution >= 0.6 is 15.9 Å². The van der Waals surface area contributed by atoms with Crippen LogP contribution in [0.2, 0.25) is 0 Å². The lowest BCUT2D eigenvalue weighted by Crippen LogP contribution is -2.33. The Hall–Kier alpha value is -1.73. The Labute approximate surface area is 136 Å². The predicted octanol–water partition coefficient (Wildman–Crippen LogP) is 1.28. The van der Waals surface area contributed by atoms with E-state index in [9.17, 15) is 14.4 Å². The minimum Gasteiger partial charge on any atom is -0.395 e. The van der Waals surface area contributed by atoms with Gasteiger partial charge in [-0.1, -0.05) is 15.9 Å². The SMILES string of the molecule is CN(CCO)C(=O)CCCN1C(=O)c2ccc(Br)cc2C1=O. The number of rotatable bonds is 6. The van der Waals surface area contributed by atoms with Gasteiger partial charge in [0.25, 0.3) is 11.8 Å². The van der Waals surface area contributed by atoms with Gasteiger partial charge in [0.05, 0.1) is 17.7 Å². The summed E-state index contributed by atoms with van der Waals surface area (Å²) >= 11 is 3.28. The second-order valence-electron chi connectivity index (χ2n) is 5.09. The summed E-state index contributed by atoms with van der Waals surface area (Å²) in [6.45, 7) is 0.401. The zero-order chi connectivity index (χ0) is 16.3. The van der Waals surface area contributed by atoms with E-state index in [1.54, 1.807) is 25.2 Å². The van der Waals surface area contributed by atoms with Gasteiger partial charge in [0.15, 0.2) is 0 Å². The van der Waals surface area contributed by atoms with E-state index in [-0.39, 0.29) is 43.8 Å². The molecular weight excluding hydrogens is 352 g/mol. The fraction of sp³-hybridized carbons (Fsp3) is 0.400. The zero-order valence-corrected chi connectivity index (χ0v) is 13.8. The molecule has 6 nitrogen and oxygen atoms in total. The van der Waals surface area contributed by atoms with Crippen molar-refractivity contribution in [3.05, 3.63) is 33.8 Å². The van der Waals surface area contributed by atoms with Crippen LogP contribution in [0.15, 0.2) is 22.7 Å². The average molecular weight is 369 g/mol. The fourth-order valence-corrected chi connectivity index (χ4v) is 2.68. The smallest absolute Gasteiger partial charge is 0.261 e. The van der Waals surface area contributed by atoms with E-state index in [1.165, 1.54) is 9.80 Å². The highest BCUT2D eigenvalue weighted by Crippen LogP contribution is 2.26. The molecule has 1 heterocycles. The molecule has 118 valence electrons.